The smallest absolute Gasteiger partial charge is 0.293 e. The zero-order chi connectivity index (χ0) is 19.1. The van der Waals surface area contributed by atoms with Gasteiger partial charge in [0.2, 0.25) is 5.76 Å². The second-order valence-corrected chi connectivity index (χ2v) is 5.96. The van der Waals surface area contributed by atoms with E-state index >= 15 is 0 Å². The van der Waals surface area contributed by atoms with Crippen LogP contribution >= 0.6 is 0 Å². The third-order valence-corrected chi connectivity index (χ3v) is 4.13. The molecule has 142 valence electrons. The van der Waals surface area contributed by atoms with Crippen LogP contribution in [-0.2, 0) is 17.7 Å². The van der Waals surface area contributed by atoms with Gasteiger partial charge in [0.1, 0.15) is 0 Å². The molecule has 0 aliphatic heterocycles. The number of hydrogen-bond acceptors (Lipinski definition) is 6. The minimum absolute atomic E-state index is 0.143. The third kappa shape index (κ3) is 4.54. The van der Waals surface area contributed by atoms with Crippen LogP contribution < -0.4 is 9.47 Å². The lowest BCUT2D eigenvalue weighted by atomic mass is 10.1. The predicted octanol–water partition coefficient (Wildman–Crippen LogP) is 2.93. The molecule has 1 aromatic carbocycles. The summed E-state index contributed by atoms with van der Waals surface area (Å²) in [5.74, 6) is 1.26. The van der Waals surface area contributed by atoms with Crippen LogP contribution in [0.4, 0.5) is 0 Å². The van der Waals surface area contributed by atoms with Crippen molar-refractivity contribution in [3.8, 4) is 11.5 Å². The topological polar surface area (TPSA) is 74.0 Å². The molecule has 26 heavy (non-hydrogen) atoms. The number of carbonyl (C=O) groups excluding carboxylic acids is 1. The van der Waals surface area contributed by atoms with Crippen molar-refractivity contribution in [1.29, 1.82) is 0 Å². The van der Waals surface area contributed by atoms with E-state index in [1.54, 1.807) is 32.3 Å². The highest BCUT2D eigenvalue weighted by molar-refractivity contribution is 5.91. The fourth-order valence-corrected chi connectivity index (χ4v) is 2.66. The molecule has 0 aliphatic carbocycles. The Labute approximate surface area is 153 Å². The summed E-state index contributed by atoms with van der Waals surface area (Å²) in [7, 11) is 4.78. The quantitative estimate of drug-likeness (QED) is 0.683. The molecule has 0 saturated heterocycles. The van der Waals surface area contributed by atoms with Gasteiger partial charge in [0.05, 0.1) is 32.6 Å². The molecule has 1 unspecified atom stereocenters. The van der Waals surface area contributed by atoms with Crippen LogP contribution in [0, 0.1) is 0 Å². The molecule has 0 radical (unpaired) electrons. The van der Waals surface area contributed by atoms with Gasteiger partial charge in [-0.15, -0.1) is 0 Å². The second-order valence-electron chi connectivity index (χ2n) is 5.96. The highest BCUT2D eigenvalue weighted by Crippen LogP contribution is 2.28. The summed E-state index contributed by atoms with van der Waals surface area (Å²) in [6, 6.07) is 7.12. The van der Waals surface area contributed by atoms with E-state index in [2.05, 4.69) is 5.16 Å². The molecular formula is C19H26N2O5. The molecule has 0 bridgehead atoms. The Morgan fingerprint density at radius 2 is 1.92 bits per heavy atom. The van der Waals surface area contributed by atoms with Crippen LogP contribution in [0.5, 0.6) is 11.5 Å². The van der Waals surface area contributed by atoms with Crippen LogP contribution in [0.3, 0.4) is 0 Å². The number of methoxy groups -OCH3 is 3. The van der Waals surface area contributed by atoms with Crippen molar-refractivity contribution >= 4 is 5.91 Å². The van der Waals surface area contributed by atoms with Crippen LogP contribution in [0.1, 0.15) is 35.7 Å². The number of aryl methyl sites for hydroxylation is 1. The first-order valence-electron chi connectivity index (χ1n) is 8.50. The lowest BCUT2D eigenvalue weighted by Crippen LogP contribution is -2.40. The zero-order valence-electron chi connectivity index (χ0n) is 15.9. The highest BCUT2D eigenvalue weighted by atomic mass is 16.5. The summed E-state index contributed by atoms with van der Waals surface area (Å²) in [6.07, 6.45) is 0.708. The molecule has 0 aliphatic rings. The van der Waals surface area contributed by atoms with Crippen molar-refractivity contribution in [3.05, 3.63) is 41.3 Å². The summed E-state index contributed by atoms with van der Waals surface area (Å²) < 4.78 is 21.1. The maximum absolute atomic E-state index is 13.0. The van der Waals surface area contributed by atoms with E-state index in [0.717, 1.165) is 11.3 Å². The third-order valence-electron chi connectivity index (χ3n) is 4.13. The van der Waals surface area contributed by atoms with Gasteiger partial charge in [-0.05, 0) is 31.0 Å². The largest absolute Gasteiger partial charge is 0.493 e. The van der Waals surface area contributed by atoms with Crippen molar-refractivity contribution in [2.24, 2.45) is 0 Å². The Morgan fingerprint density at radius 1 is 1.19 bits per heavy atom. The fraction of sp³-hybridized carbons (Fsp3) is 0.474. The second kappa shape index (κ2) is 9.24. The summed E-state index contributed by atoms with van der Waals surface area (Å²) in [6.45, 7) is 4.68. The van der Waals surface area contributed by atoms with Gasteiger partial charge in [-0.3, -0.25) is 4.79 Å². The highest BCUT2D eigenvalue weighted by Gasteiger charge is 2.25. The number of ether oxygens (including phenoxy) is 3. The molecule has 1 amide bonds. The number of carbonyl (C=O) groups is 1. The molecule has 1 atom stereocenters. The first-order chi connectivity index (χ1) is 12.5. The van der Waals surface area contributed by atoms with Gasteiger partial charge in [-0.2, -0.15) is 0 Å². The van der Waals surface area contributed by atoms with Gasteiger partial charge < -0.3 is 23.6 Å². The van der Waals surface area contributed by atoms with Crippen LogP contribution in [0.15, 0.2) is 28.8 Å². The van der Waals surface area contributed by atoms with Crippen LogP contribution in [0.2, 0.25) is 0 Å². The molecule has 7 heteroatoms. The average Bonchev–Trinajstić information content (AvgIpc) is 3.14. The molecule has 0 N–H and O–H groups in total. The number of amides is 1. The normalized spacial score (nSPS) is 11.9. The summed E-state index contributed by atoms with van der Waals surface area (Å²) in [4.78, 5) is 14.7. The average molecular weight is 362 g/mol. The van der Waals surface area contributed by atoms with Gasteiger partial charge in [0, 0.05) is 19.7 Å². The summed E-state index contributed by atoms with van der Waals surface area (Å²) in [5.41, 5.74) is 1.66. The Hall–Kier alpha value is -2.54. The van der Waals surface area contributed by atoms with Gasteiger partial charge >= 0.3 is 0 Å². The molecule has 0 fully saturated rings. The van der Waals surface area contributed by atoms with Crippen LogP contribution in [0.25, 0.3) is 0 Å². The van der Waals surface area contributed by atoms with Crippen LogP contribution in [-0.4, -0.2) is 49.9 Å². The number of nitrogens with zero attached hydrogens (tertiary/aromatic N) is 2. The molecule has 2 rings (SSSR count). The number of benzene rings is 1. The molecule has 0 spiro atoms. The number of aromatic nitrogens is 1. The van der Waals surface area contributed by atoms with E-state index in [1.807, 2.05) is 32.0 Å². The van der Waals surface area contributed by atoms with Crippen molar-refractivity contribution in [2.75, 3.05) is 27.9 Å². The lowest BCUT2D eigenvalue weighted by Gasteiger charge is -2.28. The minimum atomic E-state index is -0.225. The zero-order valence-corrected chi connectivity index (χ0v) is 15.9. The van der Waals surface area contributed by atoms with E-state index < -0.39 is 0 Å². The van der Waals surface area contributed by atoms with Gasteiger partial charge in [0.15, 0.2) is 11.5 Å². The molecule has 0 saturated carbocycles. The summed E-state index contributed by atoms with van der Waals surface area (Å²) >= 11 is 0. The van der Waals surface area contributed by atoms with E-state index in [0.29, 0.717) is 31.1 Å². The number of hydrogen-bond donors (Lipinski definition) is 0. The Kier molecular flexibility index (Phi) is 7.03. The number of rotatable bonds is 9. The lowest BCUT2D eigenvalue weighted by molar-refractivity contribution is 0.0504. The maximum atomic E-state index is 13.0. The van der Waals surface area contributed by atoms with Crippen molar-refractivity contribution < 1.29 is 23.5 Å². The Balaban J connectivity index is 2.28. The molecule has 7 nitrogen and oxygen atoms in total. The van der Waals surface area contributed by atoms with Crippen molar-refractivity contribution in [1.82, 2.24) is 10.1 Å². The van der Waals surface area contributed by atoms with E-state index in [9.17, 15) is 4.79 Å². The maximum Gasteiger partial charge on any atom is 0.293 e. The van der Waals surface area contributed by atoms with E-state index in [1.165, 1.54) is 0 Å². The minimum Gasteiger partial charge on any atom is -0.493 e. The first-order valence-corrected chi connectivity index (χ1v) is 8.50. The van der Waals surface area contributed by atoms with E-state index in [-0.39, 0.29) is 17.7 Å². The summed E-state index contributed by atoms with van der Waals surface area (Å²) in [5, 5.41) is 3.91. The van der Waals surface area contributed by atoms with Crippen molar-refractivity contribution in [3.63, 3.8) is 0 Å². The van der Waals surface area contributed by atoms with E-state index in [4.69, 9.17) is 18.7 Å². The first kappa shape index (κ1) is 19.8. The SMILES string of the molecule is CCc1cc(C(=O)N(Cc2ccc(OC)c(OC)c2)C(C)COC)on1. The van der Waals surface area contributed by atoms with Gasteiger partial charge in [-0.25, -0.2) is 0 Å². The van der Waals surface area contributed by atoms with Gasteiger partial charge in [0.25, 0.3) is 5.91 Å². The molecule has 1 heterocycles. The molecule has 1 aromatic heterocycles. The Bertz CT molecular complexity index is 728. The standard InChI is InChI=1S/C19H26N2O5/c1-6-15-10-18(26-20-15)19(22)21(13(2)12-23-3)11-14-7-8-16(24-4)17(9-14)25-5/h7-10,13H,6,11-12H2,1-5H3. The van der Waals surface area contributed by atoms with Crippen molar-refractivity contribution in [2.45, 2.75) is 32.9 Å². The fourth-order valence-electron chi connectivity index (χ4n) is 2.66. The predicted molar refractivity (Wildman–Crippen MR) is 96.6 cm³/mol. The molecule has 2 aromatic rings. The Morgan fingerprint density at radius 3 is 2.50 bits per heavy atom. The van der Waals surface area contributed by atoms with Gasteiger partial charge in [-0.1, -0.05) is 18.1 Å². The monoisotopic (exact) mass is 362 g/mol. The molecular weight excluding hydrogens is 336 g/mol.